The maximum absolute atomic E-state index is 11.5. The van der Waals surface area contributed by atoms with Crippen LogP contribution in [0.5, 0.6) is 0 Å². The smallest absolute Gasteiger partial charge is 0.269 e. The van der Waals surface area contributed by atoms with E-state index >= 15 is 0 Å². The summed E-state index contributed by atoms with van der Waals surface area (Å²) in [6.07, 6.45) is 0. The molecule has 1 heterocycles. The predicted octanol–water partition coefficient (Wildman–Crippen LogP) is 1.62. The fraction of sp³-hybridized carbons (Fsp3) is 0.100. The maximum Gasteiger partial charge on any atom is 0.357 e. The molecular formula is C10H9N3O4S. The van der Waals surface area contributed by atoms with Gasteiger partial charge < -0.3 is 0 Å². The van der Waals surface area contributed by atoms with Gasteiger partial charge in [0.1, 0.15) is 0 Å². The Balaban J connectivity index is 2.40. The molecule has 2 N–H and O–H groups in total. The van der Waals surface area contributed by atoms with Crippen molar-refractivity contribution in [1.82, 2.24) is 0 Å². The third-order valence-electron chi connectivity index (χ3n) is 2.26. The molecule has 0 unspecified atom stereocenters. The third kappa shape index (κ3) is 2.60. The van der Waals surface area contributed by atoms with Crippen molar-refractivity contribution in [3.8, 4) is 0 Å². The second-order valence-electron chi connectivity index (χ2n) is 3.62. The Morgan fingerprint density at radius 2 is 2.00 bits per heavy atom. The van der Waals surface area contributed by atoms with Crippen molar-refractivity contribution in [2.45, 2.75) is 6.92 Å². The molecule has 1 amide bonds. The van der Waals surface area contributed by atoms with Gasteiger partial charge in [-0.3, -0.25) is 14.1 Å². The highest BCUT2D eigenvalue weighted by Gasteiger charge is 2.20. The first-order valence-corrected chi connectivity index (χ1v) is 6.33. The molecule has 0 bridgehead atoms. The minimum atomic E-state index is -4.34. The van der Waals surface area contributed by atoms with Gasteiger partial charge in [-0.05, 0) is 24.6 Å². The fourth-order valence-electron chi connectivity index (χ4n) is 1.59. The average Bonchev–Trinajstić information content (AvgIpc) is 2.56. The van der Waals surface area contributed by atoms with Gasteiger partial charge in [0.2, 0.25) is 0 Å². The monoisotopic (exact) mass is 267 g/mol. The van der Waals surface area contributed by atoms with Gasteiger partial charge in [-0.2, -0.15) is 13.5 Å². The van der Waals surface area contributed by atoms with Gasteiger partial charge >= 0.3 is 10.3 Å². The molecule has 0 spiro atoms. The minimum Gasteiger partial charge on any atom is -0.269 e. The first kappa shape index (κ1) is 12.4. The Morgan fingerprint density at radius 3 is 2.56 bits per heavy atom. The van der Waals surface area contributed by atoms with Crippen LogP contribution in [0.2, 0.25) is 0 Å². The Hall–Kier alpha value is -2.06. The summed E-state index contributed by atoms with van der Waals surface area (Å²) in [5.41, 5.74) is 1.41. The van der Waals surface area contributed by atoms with Crippen molar-refractivity contribution in [1.29, 1.82) is 0 Å². The molecule has 0 radical (unpaired) electrons. The lowest BCUT2D eigenvalue weighted by atomic mass is 10.0. The number of amides is 1. The Morgan fingerprint density at radius 1 is 1.28 bits per heavy atom. The minimum absolute atomic E-state index is 0.148. The van der Waals surface area contributed by atoms with Crippen LogP contribution in [0.15, 0.2) is 40.2 Å². The Bertz CT molecular complexity index is 676. The van der Waals surface area contributed by atoms with Crippen molar-refractivity contribution in [3.63, 3.8) is 0 Å². The zero-order valence-corrected chi connectivity index (χ0v) is 10.1. The number of anilines is 1. The number of nitrogens with zero attached hydrogens (tertiary/aromatic N) is 2. The average molecular weight is 267 g/mol. The predicted molar refractivity (Wildman–Crippen MR) is 64.1 cm³/mol. The molecule has 2 rings (SSSR count). The van der Waals surface area contributed by atoms with Crippen LogP contribution in [0.3, 0.4) is 0 Å². The standard InChI is InChI=1S/C10H9N3O4S/c1-6-9(10(14)12-11-6)7-3-2-4-8(5-7)13-18(15,16)17/h2-5,13H,1H3,(H,15,16,17). The molecule has 0 aromatic heterocycles. The van der Waals surface area contributed by atoms with Gasteiger partial charge in [0.05, 0.1) is 17.0 Å². The van der Waals surface area contributed by atoms with Gasteiger partial charge in [0.25, 0.3) is 5.91 Å². The molecule has 18 heavy (non-hydrogen) atoms. The van der Waals surface area contributed by atoms with Crippen LogP contribution in [0.25, 0.3) is 5.57 Å². The second kappa shape index (κ2) is 4.31. The molecule has 0 atom stereocenters. The van der Waals surface area contributed by atoms with E-state index in [-0.39, 0.29) is 5.69 Å². The van der Waals surface area contributed by atoms with Crippen LogP contribution in [-0.4, -0.2) is 18.9 Å². The van der Waals surface area contributed by atoms with Crippen LogP contribution in [0, 0.1) is 0 Å². The highest BCUT2D eigenvalue weighted by molar-refractivity contribution is 7.87. The molecule has 94 valence electrons. The van der Waals surface area contributed by atoms with Crippen LogP contribution >= 0.6 is 0 Å². The van der Waals surface area contributed by atoms with E-state index in [2.05, 4.69) is 10.2 Å². The molecular weight excluding hydrogens is 258 g/mol. The molecule has 1 aliphatic heterocycles. The van der Waals surface area contributed by atoms with Crippen LogP contribution in [-0.2, 0) is 15.1 Å². The van der Waals surface area contributed by atoms with E-state index in [4.69, 9.17) is 4.55 Å². The summed E-state index contributed by atoms with van der Waals surface area (Å²) in [6, 6.07) is 6.04. The fourth-order valence-corrected chi connectivity index (χ4v) is 2.02. The van der Waals surface area contributed by atoms with Gasteiger partial charge in [-0.1, -0.05) is 12.1 Å². The van der Waals surface area contributed by atoms with Crippen LogP contribution < -0.4 is 4.72 Å². The number of azo groups is 1. The van der Waals surface area contributed by atoms with Crippen molar-refractivity contribution in [2.24, 2.45) is 10.2 Å². The summed E-state index contributed by atoms with van der Waals surface area (Å²) >= 11 is 0. The molecule has 1 aliphatic rings. The number of nitrogens with one attached hydrogen (secondary N) is 1. The summed E-state index contributed by atoms with van der Waals surface area (Å²) < 4.78 is 32.0. The summed E-state index contributed by atoms with van der Waals surface area (Å²) in [4.78, 5) is 11.5. The van der Waals surface area contributed by atoms with E-state index < -0.39 is 16.2 Å². The van der Waals surface area contributed by atoms with Gasteiger partial charge in [-0.15, -0.1) is 5.11 Å². The lowest BCUT2D eigenvalue weighted by Gasteiger charge is -2.05. The lowest BCUT2D eigenvalue weighted by molar-refractivity contribution is -0.112. The van der Waals surface area contributed by atoms with Crippen molar-refractivity contribution in [2.75, 3.05) is 4.72 Å². The lowest BCUT2D eigenvalue weighted by Crippen LogP contribution is -2.10. The van der Waals surface area contributed by atoms with E-state index in [9.17, 15) is 13.2 Å². The zero-order valence-electron chi connectivity index (χ0n) is 9.28. The van der Waals surface area contributed by atoms with E-state index in [0.717, 1.165) is 0 Å². The molecule has 1 aromatic rings. The summed E-state index contributed by atoms with van der Waals surface area (Å²) in [7, 11) is -4.34. The Kier molecular flexibility index (Phi) is 2.97. The number of benzene rings is 1. The van der Waals surface area contributed by atoms with Crippen LogP contribution in [0.1, 0.15) is 12.5 Å². The van der Waals surface area contributed by atoms with E-state index in [1.54, 1.807) is 19.1 Å². The molecule has 0 saturated heterocycles. The van der Waals surface area contributed by atoms with E-state index in [0.29, 0.717) is 16.8 Å². The number of carbonyl (C=O) groups excluding carboxylic acids is 1. The number of carbonyl (C=O) groups is 1. The van der Waals surface area contributed by atoms with Gasteiger partial charge in [0, 0.05) is 0 Å². The third-order valence-corrected chi connectivity index (χ3v) is 2.76. The maximum atomic E-state index is 11.5. The number of rotatable bonds is 3. The number of hydrogen-bond acceptors (Lipinski definition) is 4. The van der Waals surface area contributed by atoms with Gasteiger partial charge in [0.15, 0.2) is 0 Å². The number of allylic oxidation sites excluding steroid dienone is 1. The summed E-state index contributed by atoms with van der Waals surface area (Å²) in [5.74, 6) is -0.475. The first-order valence-electron chi connectivity index (χ1n) is 4.89. The number of hydrogen-bond donors (Lipinski definition) is 2. The summed E-state index contributed by atoms with van der Waals surface area (Å²) in [6.45, 7) is 1.63. The van der Waals surface area contributed by atoms with Crippen molar-refractivity contribution in [3.05, 3.63) is 35.5 Å². The van der Waals surface area contributed by atoms with E-state index in [1.165, 1.54) is 12.1 Å². The quantitative estimate of drug-likeness (QED) is 0.811. The highest BCUT2D eigenvalue weighted by atomic mass is 32.2. The SMILES string of the molecule is CC1=C(c2cccc(NS(=O)(=O)O)c2)C(=O)N=N1. The topological polar surface area (TPSA) is 108 Å². The molecule has 0 aliphatic carbocycles. The molecule has 0 fully saturated rings. The largest absolute Gasteiger partial charge is 0.357 e. The van der Waals surface area contributed by atoms with Crippen molar-refractivity contribution >= 4 is 27.5 Å². The van der Waals surface area contributed by atoms with E-state index in [1.807, 2.05) is 4.72 Å². The van der Waals surface area contributed by atoms with Crippen LogP contribution in [0.4, 0.5) is 5.69 Å². The molecule has 0 saturated carbocycles. The van der Waals surface area contributed by atoms with Crippen molar-refractivity contribution < 1.29 is 17.8 Å². The second-order valence-corrected chi connectivity index (χ2v) is 4.78. The van der Waals surface area contributed by atoms with Gasteiger partial charge in [-0.25, -0.2) is 0 Å². The highest BCUT2D eigenvalue weighted by Crippen LogP contribution is 2.28. The molecule has 1 aromatic carbocycles. The summed E-state index contributed by atoms with van der Waals surface area (Å²) in [5, 5.41) is 7.05. The first-order chi connectivity index (χ1) is 8.37. The normalized spacial score (nSPS) is 15.3. The molecule has 7 nitrogen and oxygen atoms in total. The zero-order chi connectivity index (χ0) is 13.3. The Labute approximate surface area is 103 Å². The molecule has 8 heteroatoms.